The van der Waals surface area contributed by atoms with Crippen LogP contribution in [0.5, 0.6) is 5.75 Å². The van der Waals surface area contributed by atoms with E-state index in [0.29, 0.717) is 28.7 Å². The van der Waals surface area contributed by atoms with Crippen LogP contribution in [-0.4, -0.2) is 45.0 Å². The molecule has 0 unspecified atom stereocenters. The fourth-order valence-electron chi connectivity index (χ4n) is 2.47. The summed E-state index contributed by atoms with van der Waals surface area (Å²) in [6, 6.07) is 4.38. The van der Waals surface area contributed by atoms with Gasteiger partial charge in [0.25, 0.3) is 5.91 Å². The van der Waals surface area contributed by atoms with Crippen molar-refractivity contribution in [3.05, 3.63) is 28.8 Å². The van der Waals surface area contributed by atoms with Crippen molar-refractivity contribution in [2.24, 2.45) is 5.73 Å². The van der Waals surface area contributed by atoms with Gasteiger partial charge in [-0.1, -0.05) is 23.8 Å². The first-order valence-electron chi connectivity index (χ1n) is 6.52. The number of carbonyl (C=O) groups is 1. The lowest BCUT2D eigenvalue weighted by Gasteiger charge is -2.40. The van der Waals surface area contributed by atoms with Gasteiger partial charge in [0, 0.05) is 13.1 Å². The predicted octanol–water partition coefficient (Wildman–Crippen LogP) is 2.67. The van der Waals surface area contributed by atoms with Crippen molar-refractivity contribution in [2.75, 3.05) is 19.3 Å². The molecule has 21 heavy (non-hydrogen) atoms. The number of halogens is 1. The van der Waals surface area contributed by atoms with Gasteiger partial charge in [-0.25, -0.2) is 0 Å². The quantitative estimate of drug-likeness (QED) is 0.825. The molecule has 0 aromatic heterocycles. The molecule has 1 aromatic carbocycles. The highest BCUT2D eigenvalue weighted by atomic mass is 35.5. The van der Waals surface area contributed by atoms with Crippen molar-refractivity contribution in [1.82, 2.24) is 4.90 Å². The first kappa shape index (κ1) is 16.4. The summed E-state index contributed by atoms with van der Waals surface area (Å²) in [4.78, 5) is 14.7. The third kappa shape index (κ3) is 3.27. The summed E-state index contributed by atoms with van der Waals surface area (Å²) in [6.45, 7) is 1.14. The molecule has 4 nitrogen and oxygen atoms in total. The fraction of sp³-hybridized carbons (Fsp3) is 0.429. The number of nitrogens with zero attached hydrogens (tertiary/aromatic N) is 1. The zero-order chi connectivity index (χ0) is 15.6. The van der Waals surface area contributed by atoms with Crippen LogP contribution in [0.4, 0.5) is 0 Å². The van der Waals surface area contributed by atoms with Crippen LogP contribution in [0.3, 0.4) is 0 Å². The number of aromatic hydroxyl groups is 1. The maximum absolute atomic E-state index is 12.5. The van der Waals surface area contributed by atoms with Gasteiger partial charge >= 0.3 is 0 Å². The Morgan fingerprint density at radius 2 is 2.10 bits per heavy atom. The van der Waals surface area contributed by atoms with Gasteiger partial charge in [0.1, 0.15) is 5.75 Å². The highest BCUT2D eigenvalue weighted by molar-refractivity contribution is 8.02. The van der Waals surface area contributed by atoms with Gasteiger partial charge in [0.2, 0.25) is 0 Å². The Labute approximate surface area is 138 Å². The number of piperidine rings is 1. The Bertz CT molecular complexity index is 572. The van der Waals surface area contributed by atoms with Gasteiger partial charge in [-0.05, 0) is 37.3 Å². The average molecular weight is 345 g/mol. The molecule has 0 atom stereocenters. The minimum atomic E-state index is -0.227. The minimum absolute atomic E-state index is 0.0290. The highest BCUT2D eigenvalue weighted by Crippen LogP contribution is 2.35. The Morgan fingerprint density at radius 3 is 2.62 bits per heavy atom. The molecule has 2 rings (SSSR count). The van der Waals surface area contributed by atoms with Gasteiger partial charge < -0.3 is 15.7 Å². The van der Waals surface area contributed by atoms with E-state index >= 15 is 0 Å². The van der Waals surface area contributed by atoms with Gasteiger partial charge in [0.15, 0.2) is 0 Å². The molecule has 0 radical (unpaired) electrons. The molecular weight excluding hydrogens is 328 g/mol. The lowest BCUT2D eigenvalue weighted by Crippen LogP contribution is -2.50. The second-order valence-corrected chi connectivity index (χ2v) is 7.06. The summed E-state index contributed by atoms with van der Waals surface area (Å²) in [5.41, 5.74) is 6.17. The number of nitrogens with two attached hydrogens (primary N) is 1. The van der Waals surface area contributed by atoms with Gasteiger partial charge in [-0.3, -0.25) is 4.79 Å². The molecule has 7 heteroatoms. The van der Waals surface area contributed by atoms with E-state index in [2.05, 4.69) is 0 Å². The monoisotopic (exact) mass is 344 g/mol. The number of carbonyl (C=O) groups excluding carboxylic acids is 1. The molecule has 0 saturated carbocycles. The summed E-state index contributed by atoms with van der Waals surface area (Å²) < 4.78 is -0.227. The molecule has 1 amide bonds. The lowest BCUT2D eigenvalue weighted by molar-refractivity contribution is 0.0718. The van der Waals surface area contributed by atoms with Crippen LogP contribution in [0.1, 0.15) is 23.2 Å². The van der Waals surface area contributed by atoms with E-state index in [0.717, 1.165) is 12.8 Å². The van der Waals surface area contributed by atoms with E-state index in [-0.39, 0.29) is 16.4 Å². The third-order valence-electron chi connectivity index (χ3n) is 3.88. The minimum Gasteiger partial charge on any atom is -0.508 e. The fourth-order valence-corrected chi connectivity index (χ4v) is 3.91. The van der Waals surface area contributed by atoms with E-state index in [9.17, 15) is 9.90 Å². The second-order valence-electron chi connectivity index (χ2n) is 5.02. The molecule has 1 aromatic rings. The molecule has 3 N–H and O–H groups in total. The topological polar surface area (TPSA) is 66.6 Å². The Balaban J connectivity index is 2.13. The Morgan fingerprint density at radius 1 is 1.48 bits per heavy atom. The second kappa shape index (κ2) is 6.42. The molecule has 1 aliphatic rings. The van der Waals surface area contributed by atoms with Crippen molar-refractivity contribution in [3.63, 3.8) is 0 Å². The van der Waals surface area contributed by atoms with Crippen LogP contribution < -0.4 is 5.73 Å². The van der Waals surface area contributed by atoms with Crippen LogP contribution in [0, 0.1) is 0 Å². The van der Waals surface area contributed by atoms with Crippen LogP contribution >= 0.6 is 35.6 Å². The number of phenols is 1. The molecule has 1 heterocycles. The normalized spacial score (nSPS) is 17.5. The smallest absolute Gasteiger partial charge is 0.255 e. The first-order valence-corrected chi connectivity index (χ1v) is 8.53. The van der Waals surface area contributed by atoms with E-state index in [1.165, 1.54) is 18.2 Å². The predicted molar refractivity (Wildman–Crippen MR) is 91.3 cm³/mol. The number of likely N-dealkylation sites (tertiary alicyclic amines) is 1. The lowest BCUT2D eigenvalue weighted by atomic mass is 9.95. The molecule has 114 valence electrons. The summed E-state index contributed by atoms with van der Waals surface area (Å²) in [6.07, 6.45) is 3.44. The van der Waals surface area contributed by atoms with Crippen molar-refractivity contribution in [3.8, 4) is 5.75 Å². The summed E-state index contributed by atoms with van der Waals surface area (Å²) >= 11 is 12.8. The summed E-state index contributed by atoms with van der Waals surface area (Å²) in [5, 5.41) is 9.85. The van der Waals surface area contributed by atoms with E-state index in [1.807, 2.05) is 6.26 Å². The maximum atomic E-state index is 12.5. The van der Waals surface area contributed by atoms with Crippen molar-refractivity contribution < 1.29 is 9.90 Å². The summed E-state index contributed by atoms with van der Waals surface area (Å²) in [5.74, 6) is -0.144. The molecular formula is C14H17ClN2O2S2. The van der Waals surface area contributed by atoms with E-state index < -0.39 is 0 Å². The zero-order valence-electron chi connectivity index (χ0n) is 11.6. The molecule has 0 bridgehead atoms. The Hall–Kier alpha value is -0.980. The van der Waals surface area contributed by atoms with Crippen LogP contribution in [-0.2, 0) is 0 Å². The highest BCUT2D eigenvalue weighted by Gasteiger charge is 2.38. The standard InChI is InChI=1S/C14H17ClN2O2S2/c1-21-14(13(16)20)4-6-17(7-5-14)12(19)10-8-9(18)2-3-11(10)15/h2-3,8,18H,4-7H2,1H3,(H2,16,20). The number of hydrogen-bond donors (Lipinski definition) is 2. The molecule has 0 aliphatic carbocycles. The summed E-state index contributed by atoms with van der Waals surface area (Å²) in [7, 11) is 0. The molecule has 1 aliphatic heterocycles. The number of rotatable bonds is 3. The SMILES string of the molecule is CSC1(C(N)=S)CCN(C(=O)c2cc(O)ccc2Cl)CC1. The largest absolute Gasteiger partial charge is 0.508 e. The van der Waals surface area contributed by atoms with Crippen LogP contribution in [0.15, 0.2) is 18.2 Å². The molecule has 0 spiro atoms. The van der Waals surface area contributed by atoms with Crippen LogP contribution in [0.2, 0.25) is 5.02 Å². The first-order chi connectivity index (χ1) is 9.89. The number of thiocarbonyl (C=S) groups is 1. The van der Waals surface area contributed by atoms with Crippen molar-refractivity contribution >= 4 is 46.5 Å². The van der Waals surface area contributed by atoms with Crippen molar-refractivity contribution in [2.45, 2.75) is 17.6 Å². The number of benzene rings is 1. The number of thioether (sulfide) groups is 1. The third-order valence-corrected chi connectivity index (χ3v) is 6.14. The average Bonchev–Trinajstić information content (AvgIpc) is 2.49. The number of hydrogen-bond acceptors (Lipinski definition) is 4. The molecule has 1 fully saturated rings. The van der Waals surface area contributed by atoms with Crippen molar-refractivity contribution in [1.29, 1.82) is 0 Å². The van der Waals surface area contributed by atoms with Gasteiger partial charge in [-0.15, -0.1) is 0 Å². The Kier molecular flexibility index (Phi) is 5.01. The van der Waals surface area contributed by atoms with Gasteiger partial charge in [0.05, 0.1) is 20.3 Å². The van der Waals surface area contributed by atoms with E-state index in [4.69, 9.17) is 29.6 Å². The van der Waals surface area contributed by atoms with Gasteiger partial charge in [-0.2, -0.15) is 11.8 Å². The zero-order valence-corrected chi connectivity index (χ0v) is 14.0. The van der Waals surface area contributed by atoms with E-state index in [1.54, 1.807) is 16.7 Å². The maximum Gasteiger partial charge on any atom is 0.255 e. The number of amides is 1. The van der Waals surface area contributed by atoms with Crippen LogP contribution in [0.25, 0.3) is 0 Å². The molecule has 1 saturated heterocycles. The number of phenolic OH excluding ortho intramolecular Hbond substituents is 1.